The largest absolute Gasteiger partial charge is 0.354 e. The minimum Gasteiger partial charge on any atom is -0.354 e. The molecule has 8 nitrogen and oxygen atoms in total. The van der Waals surface area contributed by atoms with Crippen molar-refractivity contribution in [3.8, 4) is 11.1 Å². The van der Waals surface area contributed by atoms with Gasteiger partial charge in [-0.25, -0.2) is 8.42 Å². The lowest BCUT2D eigenvalue weighted by Crippen LogP contribution is -2.16. The van der Waals surface area contributed by atoms with Crippen molar-refractivity contribution in [3.05, 3.63) is 82.1 Å². The van der Waals surface area contributed by atoms with Gasteiger partial charge in [0, 0.05) is 22.5 Å². The standard InChI is InChI=1S/C22H14N2O6S2/c25-19-10-14-12-3-1-2-4-13(12)22(26)21-17(8-7-16(24-19)20(14)21)23-15-6-5-11(31(27)28)9-18(15)32(29)30/h1-10,23H,(H,24,25)(H,27,28)(H,29,30). The van der Waals surface area contributed by atoms with Crippen molar-refractivity contribution >= 4 is 50.2 Å². The lowest BCUT2D eigenvalue weighted by molar-refractivity contribution is 0.104. The Morgan fingerprint density at radius 3 is 2.22 bits per heavy atom. The summed E-state index contributed by atoms with van der Waals surface area (Å²) in [4.78, 5) is 28.3. The molecule has 1 aliphatic carbocycles. The minimum atomic E-state index is -2.46. The zero-order chi connectivity index (χ0) is 22.6. The molecule has 3 aromatic carbocycles. The van der Waals surface area contributed by atoms with Crippen molar-refractivity contribution in [1.82, 2.24) is 4.98 Å². The van der Waals surface area contributed by atoms with E-state index in [0.717, 1.165) is 6.07 Å². The number of hydrogen-bond acceptors (Lipinski definition) is 5. The summed E-state index contributed by atoms with van der Waals surface area (Å²) < 4.78 is 42.2. The number of nitrogens with one attached hydrogen (secondary N) is 2. The third-order valence-electron chi connectivity index (χ3n) is 5.31. The summed E-state index contributed by atoms with van der Waals surface area (Å²) in [5.41, 5.74) is 2.81. The molecule has 1 heterocycles. The van der Waals surface area contributed by atoms with Gasteiger partial charge in [-0.2, -0.15) is 0 Å². The average Bonchev–Trinajstić information content (AvgIpc) is 2.77. The first-order chi connectivity index (χ1) is 15.3. The fraction of sp³-hybridized carbons (Fsp3) is 0. The van der Waals surface area contributed by atoms with E-state index in [-0.39, 0.29) is 26.8 Å². The summed E-state index contributed by atoms with van der Waals surface area (Å²) in [5, 5.41) is 3.59. The number of H-pyrrole nitrogens is 1. The third kappa shape index (κ3) is 3.21. The van der Waals surface area contributed by atoms with E-state index in [1.807, 2.05) is 0 Å². The molecule has 4 N–H and O–H groups in total. The van der Waals surface area contributed by atoms with Crippen molar-refractivity contribution in [2.45, 2.75) is 9.79 Å². The van der Waals surface area contributed by atoms with Crippen molar-refractivity contribution in [1.29, 1.82) is 0 Å². The summed E-state index contributed by atoms with van der Waals surface area (Å²) in [5.74, 6) is -0.256. The maximum atomic E-state index is 13.4. The van der Waals surface area contributed by atoms with Crippen LogP contribution in [0.25, 0.3) is 22.0 Å². The number of anilines is 2. The van der Waals surface area contributed by atoms with Crippen LogP contribution >= 0.6 is 0 Å². The monoisotopic (exact) mass is 466 g/mol. The topological polar surface area (TPSA) is 137 Å². The second kappa shape index (κ2) is 7.61. The van der Waals surface area contributed by atoms with Crippen molar-refractivity contribution in [2.24, 2.45) is 0 Å². The number of benzene rings is 3. The van der Waals surface area contributed by atoms with Gasteiger partial charge in [-0.15, -0.1) is 0 Å². The number of hydrogen-bond donors (Lipinski definition) is 4. The van der Waals surface area contributed by atoms with Crippen LogP contribution in [-0.4, -0.2) is 28.3 Å². The highest BCUT2D eigenvalue weighted by Crippen LogP contribution is 2.41. The Labute approximate surface area is 185 Å². The zero-order valence-corrected chi connectivity index (χ0v) is 17.8. The maximum absolute atomic E-state index is 13.4. The van der Waals surface area contributed by atoms with Gasteiger partial charge in [-0.05, 0) is 41.5 Å². The molecule has 160 valence electrons. The Balaban J connectivity index is 1.76. The highest BCUT2D eigenvalue weighted by molar-refractivity contribution is 7.80. The van der Waals surface area contributed by atoms with Crippen LogP contribution in [-0.2, 0) is 22.2 Å². The molecule has 10 heteroatoms. The van der Waals surface area contributed by atoms with E-state index >= 15 is 0 Å². The maximum Gasteiger partial charge on any atom is 0.249 e. The van der Waals surface area contributed by atoms with Crippen LogP contribution < -0.4 is 10.9 Å². The van der Waals surface area contributed by atoms with Crippen LogP contribution in [0.5, 0.6) is 0 Å². The molecule has 0 amide bonds. The predicted molar refractivity (Wildman–Crippen MR) is 121 cm³/mol. The normalized spacial score (nSPS) is 14.1. The van der Waals surface area contributed by atoms with E-state index < -0.39 is 22.2 Å². The molecule has 2 unspecified atom stereocenters. The average molecular weight is 466 g/mol. The van der Waals surface area contributed by atoms with Gasteiger partial charge in [0.15, 0.2) is 27.9 Å². The highest BCUT2D eigenvalue weighted by Gasteiger charge is 2.28. The summed E-state index contributed by atoms with van der Waals surface area (Å²) in [6, 6.07) is 15.6. The lowest BCUT2D eigenvalue weighted by atomic mass is 9.83. The molecular weight excluding hydrogens is 452 g/mol. The Morgan fingerprint density at radius 2 is 1.50 bits per heavy atom. The summed E-state index contributed by atoms with van der Waals surface area (Å²) in [6.07, 6.45) is 0. The first-order valence-corrected chi connectivity index (χ1v) is 11.5. The van der Waals surface area contributed by atoms with Crippen LogP contribution in [0.15, 0.2) is 75.2 Å². The van der Waals surface area contributed by atoms with Gasteiger partial charge in [-0.3, -0.25) is 9.59 Å². The Bertz CT molecular complexity index is 1560. The van der Waals surface area contributed by atoms with E-state index in [0.29, 0.717) is 38.8 Å². The second-order valence-corrected chi connectivity index (χ2v) is 9.02. The number of carbonyl (C=O) groups excluding carboxylic acids is 1. The van der Waals surface area contributed by atoms with Gasteiger partial charge in [0.25, 0.3) is 0 Å². The summed E-state index contributed by atoms with van der Waals surface area (Å²) in [7, 11) is 0. The number of pyridine rings is 1. The van der Waals surface area contributed by atoms with Gasteiger partial charge in [0.05, 0.1) is 26.7 Å². The van der Waals surface area contributed by atoms with Gasteiger partial charge >= 0.3 is 0 Å². The van der Waals surface area contributed by atoms with Gasteiger partial charge in [0.1, 0.15) is 0 Å². The molecular formula is C22H14N2O6S2. The SMILES string of the molecule is O=C1c2ccccc2-c2cc(=O)[nH]c3ccc(Nc4ccc(S(=O)O)cc4S(=O)O)c1c23. The molecule has 0 radical (unpaired) electrons. The number of ketones is 1. The number of fused-ring (bicyclic) bond motifs is 2. The zero-order valence-electron chi connectivity index (χ0n) is 16.1. The molecule has 0 aliphatic heterocycles. The Morgan fingerprint density at radius 1 is 0.781 bits per heavy atom. The van der Waals surface area contributed by atoms with Gasteiger partial charge in [-0.1, -0.05) is 24.3 Å². The number of aromatic amines is 1. The number of rotatable bonds is 4. The van der Waals surface area contributed by atoms with E-state index in [1.54, 1.807) is 36.4 Å². The summed E-state index contributed by atoms with van der Waals surface area (Å²) in [6.45, 7) is 0. The van der Waals surface area contributed by atoms with Crippen LogP contribution in [0.4, 0.5) is 11.4 Å². The molecule has 0 spiro atoms. The van der Waals surface area contributed by atoms with E-state index in [4.69, 9.17) is 0 Å². The fourth-order valence-corrected chi connectivity index (χ4v) is 4.98. The Hall–Kier alpha value is -3.44. The number of aromatic nitrogens is 1. The quantitative estimate of drug-likeness (QED) is 0.297. The van der Waals surface area contributed by atoms with Crippen LogP contribution in [0.1, 0.15) is 15.9 Å². The lowest BCUT2D eigenvalue weighted by Gasteiger charge is -2.22. The smallest absolute Gasteiger partial charge is 0.249 e. The molecule has 0 fully saturated rings. The molecule has 0 bridgehead atoms. The minimum absolute atomic E-state index is 0.0299. The molecule has 1 aromatic heterocycles. The first-order valence-electron chi connectivity index (χ1n) is 9.32. The molecule has 0 saturated carbocycles. The van der Waals surface area contributed by atoms with E-state index in [2.05, 4.69) is 10.3 Å². The van der Waals surface area contributed by atoms with Gasteiger partial charge in [0.2, 0.25) is 5.56 Å². The van der Waals surface area contributed by atoms with Crippen LogP contribution in [0.2, 0.25) is 0 Å². The van der Waals surface area contributed by atoms with E-state index in [9.17, 15) is 27.1 Å². The molecule has 4 aromatic rings. The van der Waals surface area contributed by atoms with Gasteiger partial charge < -0.3 is 19.4 Å². The first kappa shape index (κ1) is 20.5. The second-order valence-electron chi connectivity index (χ2n) is 7.11. The predicted octanol–water partition coefficient (Wildman–Crippen LogP) is 3.64. The van der Waals surface area contributed by atoms with Crippen LogP contribution in [0.3, 0.4) is 0 Å². The Kier molecular flexibility index (Phi) is 4.86. The van der Waals surface area contributed by atoms with Crippen molar-refractivity contribution < 1.29 is 22.3 Å². The molecule has 1 aliphatic rings. The van der Waals surface area contributed by atoms with Crippen LogP contribution in [0, 0.1) is 0 Å². The highest BCUT2D eigenvalue weighted by atomic mass is 32.2. The molecule has 2 atom stereocenters. The summed E-state index contributed by atoms with van der Waals surface area (Å²) >= 11 is -4.78. The fourth-order valence-electron chi connectivity index (χ4n) is 3.97. The molecule has 0 saturated heterocycles. The number of carbonyl (C=O) groups is 1. The van der Waals surface area contributed by atoms with Crippen molar-refractivity contribution in [2.75, 3.05) is 5.32 Å². The molecule has 32 heavy (non-hydrogen) atoms. The van der Waals surface area contributed by atoms with Crippen molar-refractivity contribution in [3.63, 3.8) is 0 Å². The third-order valence-corrected chi connectivity index (χ3v) is 6.68. The van der Waals surface area contributed by atoms with E-state index in [1.165, 1.54) is 18.2 Å². The molecule has 5 rings (SSSR count).